The van der Waals surface area contributed by atoms with Gasteiger partial charge in [0.1, 0.15) is 0 Å². The lowest BCUT2D eigenvalue weighted by Gasteiger charge is -2.27. The van der Waals surface area contributed by atoms with Crippen LogP contribution in [-0.4, -0.2) is 61.4 Å². The summed E-state index contributed by atoms with van der Waals surface area (Å²) in [5, 5.41) is 3.71. The Bertz CT molecular complexity index is 451. The van der Waals surface area contributed by atoms with Crippen LogP contribution in [0.25, 0.3) is 0 Å². The van der Waals surface area contributed by atoms with Gasteiger partial charge in [0.05, 0.1) is 0 Å². The van der Waals surface area contributed by atoms with Crippen molar-refractivity contribution in [2.45, 2.75) is 24.8 Å². The Labute approximate surface area is 143 Å². The van der Waals surface area contributed by atoms with Gasteiger partial charge in [0, 0.05) is 41.3 Å². The molecule has 4 nitrogen and oxygen atoms in total. The highest BCUT2D eigenvalue weighted by Crippen LogP contribution is 2.20. The summed E-state index contributed by atoms with van der Waals surface area (Å²) in [6.45, 7) is 6.31. The molecular formula is C16H26ClN3OS. The molecule has 0 bridgehead atoms. The van der Waals surface area contributed by atoms with Gasteiger partial charge in [-0.05, 0) is 52.2 Å². The SMILES string of the molecule is CC(C)N(CCSc1ccc(Cl)cc1)C(=O)NCCN(C)C. The number of rotatable bonds is 8. The second kappa shape index (κ2) is 9.98. The number of nitrogens with one attached hydrogen (secondary N) is 1. The first-order chi connectivity index (χ1) is 10.4. The van der Waals surface area contributed by atoms with Crippen molar-refractivity contribution in [2.24, 2.45) is 0 Å². The molecule has 0 fully saturated rings. The minimum atomic E-state index is 0.00792. The molecule has 1 rings (SSSR count). The molecule has 1 aromatic rings. The van der Waals surface area contributed by atoms with Crippen molar-refractivity contribution in [1.82, 2.24) is 15.1 Å². The van der Waals surface area contributed by atoms with E-state index in [1.54, 1.807) is 11.8 Å². The zero-order valence-corrected chi connectivity index (χ0v) is 15.4. The summed E-state index contributed by atoms with van der Waals surface area (Å²) in [5.41, 5.74) is 0. The van der Waals surface area contributed by atoms with Gasteiger partial charge in [-0.25, -0.2) is 4.79 Å². The fraction of sp³-hybridized carbons (Fsp3) is 0.562. The lowest BCUT2D eigenvalue weighted by molar-refractivity contribution is 0.186. The fourth-order valence-electron chi connectivity index (χ4n) is 1.87. The van der Waals surface area contributed by atoms with E-state index >= 15 is 0 Å². The minimum Gasteiger partial charge on any atom is -0.337 e. The quantitative estimate of drug-likeness (QED) is 0.735. The van der Waals surface area contributed by atoms with E-state index in [0.29, 0.717) is 6.54 Å². The molecule has 1 aromatic carbocycles. The average molecular weight is 344 g/mol. The Hall–Kier alpha value is -0.910. The summed E-state index contributed by atoms with van der Waals surface area (Å²) >= 11 is 7.61. The average Bonchev–Trinajstić information content (AvgIpc) is 2.44. The van der Waals surface area contributed by atoms with Gasteiger partial charge in [0.15, 0.2) is 0 Å². The van der Waals surface area contributed by atoms with Crippen LogP contribution in [0.2, 0.25) is 5.02 Å². The largest absolute Gasteiger partial charge is 0.337 e. The predicted molar refractivity (Wildman–Crippen MR) is 96.0 cm³/mol. The highest BCUT2D eigenvalue weighted by atomic mass is 35.5. The molecule has 0 aromatic heterocycles. The van der Waals surface area contributed by atoms with E-state index in [4.69, 9.17) is 11.6 Å². The van der Waals surface area contributed by atoms with Crippen LogP contribution >= 0.6 is 23.4 Å². The predicted octanol–water partition coefficient (Wildman–Crippen LogP) is 3.41. The normalized spacial score (nSPS) is 11.0. The Kier molecular flexibility index (Phi) is 8.68. The number of halogens is 1. The van der Waals surface area contributed by atoms with Crippen LogP contribution in [0.3, 0.4) is 0 Å². The van der Waals surface area contributed by atoms with Gasteiger partial charge in [-0.15, -0.1) is 11.8 Å². The monoisotopic (exact) mass is 343 g/mol. The number of hydrogen-bond acceptors (Lipinski definition) is 3. The van der Waals surface area contributed by atoms with E-state index in [9.17, 15) is 4.79 Å². The van der Waals surface area contributed by atoms with Crippen LogP contribution in [0, 0.1) is 0 Å². The third kappa shape index (κ3) is 7.38. The van der Waals surface area contributed by atoms with E-state index in [2.05, 4.69) is 10.2 Å². The summed E-state index contributed by atoms with van der Waals surface area (Å²) in [4.78, 5) is 17.3. The standard InChI is InChI=1S/C16H26ClN3OS/c1-13(2)20(16(21)18-9-10-19(3)4)11-12-22-15-7-5-14(17)6-8-15/h5-8,13H,9-12H2,1-4H3,(H,18,21). The molecular weight excluding hydrogens is 318 g/mol. The first-order valence-electron chi connectivity index (χ1n) is 7.47. The molecule has 0 aliphatic rings. The van der Waals surface area contributed by atoms with Gasteiger partial charge in [-0.3, -0.25) is 0 Å². The Morgan fingerprint density at radius 2 is 1.86 bits per heavy atom. The number of carbonyl (C=O) groups is 1. The van der Waals surface area contributed by atoms with Crippen molar-refractivity contribution < 1.29 is 4.79 Å². The smallest absolute Gasteiger partial charge is 0.317 e. The Morgan fingerprint density at radius 1 is 1.23 bits per heavy atom. The second-order valence-corrected chi connectivity index (χ2v) is 7.23. The second-order valence-electron chi connectivity index (χ2n) is 5.62. The molecule has 0 spiro atoms. The maximum Gasteiger partial charge on any atom is 0.317 e. The Morgan fingerprint density at radius 3 is 2.41 bits per heavy atom. The molecule has 0 saturated carbocycles. The van der Waals surface area contributed by atoms with Crippen molar-refractivity contribution >= 4 is 29.4 Å². The summed E-state index contributed by atoms with van der Waals surface area (Å²) in [5.74, 6) is 0.862. The maximum absolute atomic E-state index is 12.2. The highest BCUT2D eigenvalue weighted by molar-refractivity contribution is 7.99. The third-order valence-electron chi connectivity index (χ3n) is 3.13. The van der Waals surface area contributed by atoms with Gasteiger partial charge < -0.3 is 15.1 Å². The van der Waals surface area contributed by atoms with Crippen LogP contribution in [0.4, 0.5) is 4.79 Å². The molecule has 0 aliphatic heterocycles. The number of carbonyl (C=O) groups excluding carboxylic acids is 1. The van der Waals surface area contributed by atoms with E-state index in [1.165, 1.54) is 4.90 Å². The van der Waals surface area contributed by atoms with Crippen molar-refractivity contribution in [3.05, 3.63) is 29.3 Å². The van der Waals surface area contributed by atoms with E-state index < -0.39 is 0 Å². The lowest BCUT2D eigenvalue weighted by Crippen LogP contribution is -2.46. The first kappa shape index (κ1) is 19.1. The zero-order chi connectivity index (χ0) is 16.5. The molecule has 1 N–H and O–H groups in total. The third-order valence-corrected chi connectivity index (χ3v) is 4.38. The molecule has 0 radical (unpaired) electrons. The van der Waals surface area contributed by atoms with Crippen LogP contribution in [-0.2, 0) is 0 Å². The highest BCUT2D eigenvalue weighted by Gasteiger charge is 2.16. The number of benzene rings is 1. The number of urea groups is 1. The van der Waals surface area contributed by atoms with Gasteiger partial charge >= 0.3 is 6.03 Å². The Balaban J connectivity index is 2.40. The van der Waals surface area contributed by atoms with Gasteiger partial charge in [0.2, 0.25) is 0 Å². The van der Waals surface area contributed by atoms with Crippen molar-refractivity contribution in [3.8, 4) is 0 Å². The van der Waals surface area contributed by atoms with Gasteiger partial charge in [0.25, 0.3) is 0 Å². The summed E-state index contributed by atoms with van der Waals surface area (Å²) in [6.07, 6.45) is 0. The van der Waals surface area contributed by atoms with Crippen LogP contribution < -0.4 is 5.32 Å². The number of thioether (sulfide) groups is 1. The van der Waals surface area contributed by atoms with Gasteiger partial charge in [-0.1, -0.05) is 11.6 Å². The molecule has 0 atom stereocenters. The van der Waals surface area contributed by atoms with Crippen molar-refractivity contribution in [1.29, 1.82) is 0 Å². The molecule has 22 heavy (non-hydrogen) atoms. The number of hydrogen-bond donors (Lipinski definition) is 1. The topological polar surface area (TPSA) is 35.6 Å². The summed E-state index contributed by atoms with van der Waals surface area (Å²) in [6, 6.07) is 7.97. The van der Waals surface area contributed by atoms with Crippen molar-refractivity contribution in [2.75, 3.05) is 39.5 Å². The summed E-state index contributed by atoms with van der Waals surface area (Å²) in [7, 11) is 3.99. The van der Waals surface area contributed by atoms with Crippen LogP contribution in [0.5, 0.6) is 0 Å². The molecule has 2 amide bonds. The molecule has 6 heteroatoms. The lowest BCUT2D eigenvalue weighted by atomic mass is 10.3. The fourth-order valence-corrected chi connectivity index (χ4v) is 2.85. The molecule has 124 valence electrons. The molecule has 0 unspecified atom stereocenters. The van der Waals surface area contributed by atoms with Crippen LogP contribution in [0.1, 0.15) is 13.8 Å². The zero-order valence-electron chi connectivity index (χ0n) is 13.8. The van der Waals surface area contributed by atoms with E-state index in [1.807, 2.05) is 57.1 Å². The minimum absolute atomic E-state index is 0.00792. The van der Waals surface area contributed by atoms with Gasteiger partial charge in [-0.2, -0.15) is 0 Å². The summed E-state index contributed by atoms with van der Waals surface area (Å²) < 4.78 is 0. The van der Waals surface area contributed by atoms with E-state index in [-0.39, 0.29) is 12.1 Å². The molecule has 0 aliphatic carbocycles. The van der Waals surface area contributed by atoms with E-state index in [0.717, 1.165) is 23.9 Å². The number of likely N-dealkylation sites (N-methyl/N-ethyl adjacent to an activating group) is 1. The maximum atomic E-state index is 12.2. The molecule has 0 saturated heterocycles. The number of amides is 2. The first-order valence-corrected chi connectivity index (χ1v) is 8.84. The van der Waals surface area contributed by atoms with Crippen LogP contribution in [0.15, 0.2) is 29.2 Å². The molecule has 0 heterocycles. The number of nitrogens with zero attached hydrogens (tertiary/aromatic N) is 2. The van der Waals surface area contributed by atoms with Crippen molar-refractivity contribution in [3.63, 3.8) is 0 Å².